The summed E-state index contributed by atoms with van der Waals surface area (Å²) >= 11 is 0. The second-order valence-corrected chi connectivity index (χ2v) is 14.2. The highest BCUT2D eigenvalue weighted by Crippen LogP contribution is 2.46. The Labute approximate surface area is 224 Å². The lowest BCUT2D eigenvalue weighted by molar-refractivity contribution is -0.157. The van der Waals surface area contributed by atoms with Crippen LogP contribution >= 0.6 is 0 Å². The van der Waals surface area contributed by atoms with E-state index in [9.17, 15) is 9.59 Å². The number of rotatable bonds is 7. The van der Waals surface area contributed by atoms with Gasteiger partial charge in [-0.1, -0.05) is 6.42 Å². The van der Waals surface area contributed by atoms with E-state index in [1.165, 1.54) is 0 Å². The van der Waals surface area contributed by atoms with Gasteiger partial charge in [0.25, 0.3) is 0 Å². The molecule has 2 heterocycles. The van der Waals surface area contributed by atoms with Crippen LogP contribution in [0.3, 0.4) is 0 Å². The third-order valence-corrected chi connectivity index (χ3v) is 7.41. The van der Waals surface area contributed by atoms with Crippen molar-refractivity contribution in [1.82, 2.24) is 5.32 Å². The lowest BCUT2D eigenvalue weighted by Crippen LogP contribution is -2.47. The molecule has 2 rings (SSSR count). The van der Waals surface area contributed by atoms with Crippen molar-refractivity contribution in [3.8, 4) is 0 Å². The fourth-order valence-electron chi connectivity index (χ4n) is 3.96. The number of alkyl carbamates (subject to hydrolysis) is 1. The number of esters is 1. The van der Waals surface area contributed by atoms with Gasteiger partial charge in [0.05, 0.1) is 22.4 Å². The third kappa shape index (κ3) is 8.10. The van der Waals surface area contributed by atoms with E-state index in [-0.39, 0.29) is 12.1 Å². The zero-order chi connectivity index (χ0) is 28.8. The van der Waals surface area contributed by atoms with E-state index in [4.69, 9.17) is 28.1 Å². The van der Waals surface area contributed by atoms with E-state index in [1.807, 2.05) is 55.4 Å². The Morgan fingerprint density at radius 1 is 0.676 bits per heavy atom. The maximum atomic E-state index is 13.1. The van der Waals surface area contributed by atoms with Crippen LogP contribution in [-0.2, 0) is 32.9 Å². The van der Waals surface area contributed by atoms with Gasteiger partial charge in [0.1, 0.15) is 17.2 Å². The van der Waals surface area contributed by atoms with Gasteiger partial charge in [-0.15, -0.1) is 0 Å². The first kappa shape index (κ1) is 31.9. The van der Waals surface area contributed by atoms with Crippen LogP contribution in [0.1, 0.15) is 110 Å². The van der Waals surface area contributed by atoms with Crippen LogP contribution < -0.4 is 5.32 Å². The number of amides is 1. The topological polar surface area (TPSA) is 102 Å². The largest absolute Gasteiger partial charge is 0.458 e. The van der Waals surface area contributed by atoms with Gasteiger partial charge >= 0.3 is 26.3 Å². The monoisotopic (exact) mass is 525 g/mol. The van der Waals surface area contributed by atoms with Gasteiger partial charge < -0.3 is 33.4 Å². The first-order valence-electron chi connectivity index (χ1n) is 13.3. The van der Waals surface area contributed by atoms with E-state index in [2.05, 4.69) is 5.32 Å². The van der Waals surface area contributed by atoms with Crippen molar-refractivity contribution in [3.05, 3.63) is 0 Å². The fraction of sp³-hybridized carbons (Fsp3) is 0.923. The second-order valence-electron chi connectivity index (χ2n) is 14.2. The SMILES string of the molecule is CC(C)(C)OC(=O)NC(CCC(B1OC(C)(C)C(C)(C)O1)B1OC(C)(C)C(C)(C)O1)C(=O)OC(C)(C)C. The van der Waals surface area contributed by atoms with Crippen LogP contribution in [0.5, 0.6) is 0 Å². The van der Waals surface area contributed by atoms with Crippen LogP contribution in [0.25, 0.3) is 0 Å². The Kier molecular flexibility index (Phi) is 8.94. The summed E-state index contributed by atoms with van der Waals surface area (Å²) in [5, 5.41) is 2.70. The number of ether oxygens (including phenoxy) is 2. The average Bonchev–Trinajstić information content (AvgIpc) is 2.97. The molecule has 1 atom stereocenters. The third-order valence-electron chi connectivity index (χ3n) is 7.41. The van der Waals surface area contributed by atoms with Crippen molar-refractivity contribution >= 4 is 26.3 Å². The highest BCUT2D eigenvalue weighted by molar-refractivity contribution is 6.68. The number of hydrogen-bond acceptors (Lipinski definition) is 8. The van der Waals surface area contributed by atoms with E-state index >= 15 is 0 Å². The minimum absolute atomic E-state index is 0.243. The summed E-state index contributed by atoms with van der Waals surface area (Å²) in [6.07, 6.45) is -0.0495. The zero-order valence-corrected chi connectivity index (χ0v) is 25.5. The normalized spacial score (nSPS) is 23.2. The molecule has 0 aromatic carbocycles. The molecule has 0 spiro atoms. The smallest absolute Gasteiger partial charge is 0.458 e. The molecule has 1 unspecified atom stereocenters. The van der Waals surface area contributed by atoms with E-state index in [0.29, 0.717) is 6.42 Å². The molecule has 9 nitrogen and oxygen atoms in total. The minimum Gasteiger partial charge on any atom is -0.458 e. The molecule has 2 saturated heterocycles. The Bertz CT molecular complexity index is 776. The highest BCUT2D eigenvalue weighted by atomic mass is 16.7. The number of carbonyl (C=O) groups is 2. The molecule has 0 aromatic heterocycles. The van der Waals surface area contributed by atoms with E-state index in [1.54, 1.807) is 41.5 Å². The van der Waals surface area contributed by atoms with Crippen LogP contribution in [-0.4, -0.2) is 65.9 Å². The standard InChI is InChI=1S/C26H49B2NO8/c1-21(2,3)32-19(30)17(29-20(31)33-22(4,5)6)15-16-18(27-34-23(7,8)24(9,10)35-27)28-36-25(11,12)26(13,14)37-28/h17-18H,15-16H2,1-14H3,(H,29,31). The molecule has 37 heavy (non-hydrogen) atoms. The maximum Gasteiger partial charge on any atom is 0.458 e. The summed E-state index contributed by atoms with van der Waals surface area (Å²) in [6, 6.07) is -0.943. The van der Waals surface area contributed by atoms with Gasteiger partial charge in [-0.05, 0) is 103 Å². The Morgan fingerprint density at radius 2 is 1.03 bits per heavy atom. The number of nitrogens with one attached hydrogen (secondary N) is 1. The molecule has 0 saturated carbocycles. The molecule has 0 bridgehead atoms. The molecule has 2 aliphatic rings. The number of hydrogen-bond donors (Lipinski definition) is 1. The second kappa shape index (κ2) is 10.4. The minimum atomic E-state index is -0.943. The summed E-state index contributed by atoms with van der Waals surface area (Å²) in [6.45, 7) is 26.6. The number of carbonyl (C=O) groups excluding carboxylic acids is 2. The lowest BCUT2D eigenvalue weighted by atomic mass is 9.50. The van der Waals surface area contributed by atoms with Crippen LogP contribution in [0.15, 0.2) is 0 Å². The predicted molar refractivity (Wildman–Crippen MR) is 144 cm³/mol. The van der Waals surface area contributed by atoms with E-state index < -0.39 is 65.9 Å². The van der Waals surface area contributed by atoms with Gasteiger partial charge in [0, 0.05) is 5.72 Å². The van der Waals surface area contributed by atoms with Crippen molar-refractivity contribution in [2.24, 2.45) is 0 Å². The highest BCUT2D eigenvalue weighted by Gasteiger charge is 2.61. The van der Waals surface area contributed by atoms with Crippen LogP contribution in [0.4, 0.5) is 4.79 Å². The Hall–Kier alpha value is -1.29. The summed E-state index contributed by atoms with van der Waals surface area (Å²) in [5.41, 5.74) is -4.04. The maximum absolute atomic E-state index is 13.1. The van der Waals surface area contributed by atoms with Gasteiger partial charge in [0.2, 0.25) is 0 Å². The predicted octanol–water partition coefficient (Wildman–Crippen LogP) is 5.10. The Balaban J connectivity index is 2.31. The van der Waals surface area contributed by atoms with Crippen molar-refractivity contribution in [1.29, 1.82) is 0 Å². The van der Waals surface area contributed by atoms with Crippen molar-refractivity contribution < 1.29 is 37.7 Å². The van der Waals surface area contributed by atoms with Crippen molar-refractivity contribution in [3.63, 3.8) is 0 Å². The first-order valence-corrected chi connectivity index (χ1v) is 13.3. The van der Waals surface area contributed by atoms with Gasteiger partial charge in [0.15, 0.2) is 0 Å². The fourth-order valence-corrected chi connectivity index (χ4v) is 3.96. The molecule has 212 valence electrons. The molecule has 0 aliphatic carbocycles. The van der Waals surface area contributed by atoms with Crippen molar-refractivity contribution in [2.45, 2.75) is 155 Å². The molecule has 1 N–H and O–H groups in total. The summed E-state index contributed by atoms with van der Waals surface area (Å²) in [4.78, 5) is 25.7. The summed E-state index contributed by atoms with van der Waals surface area (Å²) in [5.74, 6) is -0.542. The zero-order valence-electron chi connectivity index (χ0n) is 25.5. The molecular formula is C26H49B2NO8. The van der Waals surface area contributed by atoms with Gasteiger partial charge in [-0.2, -0.15) is 0 Å². The molecule has 2 aliphatic heterocycles. The van der Waals surface area contributed by atoms with E-state index in [0.717, 1.165) is 0 Å². The molecule has 0 radical (unpaired) electrons. The first-order chi connectivity index (χ1) is 16.4. The lowest BCUT2D eigenvalue weighted by Gasteiger charge is -2.32. The van der Waals surface area contributed by atoms with Gasteiger partial charge in [-0.25, -0.2) is 9.59 Å². The molecule has 2 fully saturated rings. The molecule has 0 aromatic rings. The quantitative estimate of drug-likeness (QED) is 0.362. The average molecular weight is 525 g/mol. The summed E-state index contributed by atoms with van der Waals surface area (Å²) < 4.78 is 36.6. The van der Waals surface area contributed by atoms with Gasteiger partial charge in [-0.3, -0.25) is 0 Å². The van der Waals surface area contributed by atoms with Crippen molar-refractivity contribution in [2.75, 3.05) is 0 Å². The molecular weight excluding hydrogens is 476 g/mol. The summed E-state index contributed by atoms with van der Waals surface area (Å²) in [7, 11) is -1.28. The van der Waals surface area contributed by atoms with Crippen LogP contribution in [0, 0.1) is 0 Å². The Morgan fingerprint density at radius 3 is 1.35 bits per heavy atom. The molecule has 1 amide bonds. The van der Waals surface area contributed by atoms with Crippen LogP contribution in [0.2, 0.25) is 5.72 Å². The molecule has 11 heteroatoms.